The third-order valence-corrected chi connectivity index (χ3v) is 4.14. The lowest BCUT2D eigenvalue weighted by atomic mass is 10.1. The van der Waals surface area contributed by atoms with Crippen LogP contribution in [0.1, 0.15) is 5.56 Å². The summed E-state index contributed by atoms with van der Waals surface area (Å²) in [5, 5.41) is 14.1. The number of hydrogen-bond acceptors (Lipinski definition) is 6. The second kappa shape index (κ2) is 5.48. The number of thiazole rings is 1. The van der Waals surface area contributed by atoms with Gasteiger partial charge < -0.3 is 15.8 Å². The molecule has 0 amide bonds. The van der Waals surface area contributed by atoms with E-state index in [4.69, 9.17) is 22.1 Å². The maximum absolute atomic E-state index is 13.9. The highest BCUT2D eigenvalue weighted by Gasteiger charge is 2.26. The van der Waals surface area contributed by atoms with Gasteiger partial charge in [-0.05, 0) is 6.07 Å². The highest BCUT2D eigenvalue weighted by atomic mass is 35.5. The van der Waals surface area contributed by atoms with Crippen LogP contribution in [0.3, 0.4) is 0 Å². The van der Waals surface area contributed by atoms with E-state index in [2.05, 4.69) is 10.3 Å². The average Bonchev–Trinajstić information content (AvgIpc) is 2.83. The first-order chi connectivity index (χ1) is 10.1. The molecule has 21 heavy (non-hydrogen) atoms. The number of nitriles is 1. The van der Waals surface area contributed by atoms with E-state index in [9.17, 15) is 9.65 Å². The largest absolute Gasteiger partial charge is 0.486 e. The summed E-state index contributed by atoms with van der Waals surface area (Å²) in [5.41, 5.74) is 6.38. The lowest BCUT2D eigenvalue weighted by Crippen LogP contribution is -2.50. The molecule has 3 rings (SSSR count). The number of halogens is 2. The minimum absolute atomic E-state index is 0.0756. The summed E-state index contributed by atoms with van der Waals surface area (Å²) in [4.78, 5) is 4.11. The van der Waals surface area contributed by atoms with Gasteiger partial charge in [-0.25, -0.2) is 9.37 Å². The van der Waals surface area contributed by atoms with Crippen molar-refractivity contribution in [2.24, 2.45) is 0 Å². The van der Waals surface area contributed by atoms with Gasteiger partial charge in [-0.15, -0.1) is 11.3 Å². The van der Waals surface area contributed by atoms with Crippen molar-refractivity contribution >= 4 is 28.1 Å². The molecular weight excluding hydrogens is 315 g/mol. The minimum Gasteiger partial charge on any atom is -0.486 e. The molecule has 1 aliphatic rings. The van der Waals surface area contributed by atoms with Gasteiger partial charge in [0.25, 0.3) is 0 Å². The quantitative estimate of drug-likeness (QED) is 0.905. The molecule has 0 aliphatic carbocycles. The van der Waals surface area contributed by atoms with Crippen LogP contribution in [0.15, 0.2) is 11.4 Å². The third-order valence-electron chi connectivity index (χ3n) is 3.10. The van der Waals surface area contributed by atoms with Crippen LogP contribution >= 0.6 is 22.9 Å². The zero-order valence-electron chi connectivity index (χ0n) is 10.7. The van der Waals surface area contributed by atoms with Crippen LogP contribution in [-0.2, 0) is 0 Å². The molecule has 3 N–H and O–H groups in total. The van der Waals surface area contributed by atoms with Crippen molar-refractivity contribution in [3.8, 4) is 23.1 Å². The van der Waals surface area contributed by atoms with E-state index in [0.717, 1.165) is 6.07 Å². The van der Waals surface area contributed by atoms with Gasteiger partial charge in [-0.3, -0.25) is 0 Å². The Morgan fingerprint density at radius 3 is 2.86 bits per heavy atom. The van der Waals surface area contributed by atoms with E-state index in [-0.39, 0.29) is 28.0 Å². The van der Waals surface area contributed by atoms with Gasteiger partial charge in [0.15, 0.2) is 5.13 Å². The average molecular weight is 325 g/mol. The lowest BCUT2D eigenvalue weighted by molar-refractivity contribution is 0.142. The Kier molecular flexibility index (Phi) is 3.68. The molecule has 1 saturated heterocycles. The van der Waals surface area contributed by atoms with Crippen LogP contribution in [0, 0.1) is 17.1 Å². The second-order valence-electron chi connectivity index (χ2n) is 4.50. The number of aromatic nitrogens is 1. The highest BCUT2D eigenvalue weighted by molar-refractivity contribution is 7.13. The standard InChI is InChI=1S/C13H10ClFN4OS/c14-11-8(15)1-6(2-16)12(20-7-3-18-4-7)10(11)9-5-21-13(17)19-9/h1,5,7,18H,3-4H2,(H2,17,19). The molecule has 1 aromatic heterocycles. The number of ether oxygens (including phenoxy) is 1. The zero-order chi connectivity index (χ0) is 15.0. The molecule has 0 atom stereocenters. The molecule has 5 nitrogen and oxygen atoms in total. The number of hydrogen-bond donors (Lipinski definition) is 2. The Labute approximate surface area is 129 Å². The number of nitrogens with one attached hydrogen (secondary N) is 1. The molecule has 0 radical (unpaired) electrons. The summed E-state index contributed by atoms with van der Waals surface area (Å²) in [5.74, 6) is -0.436. The fourth-order valence-corrected chi connectivity index (χ4v) is 2.75. The number of nitrogen functional groups attached to an aromatic ring is 1. The fourth-order valence-electron chi connectivity index (χ4n) is 1.96. The van der Waals surface area contributed by atoms with Crippen molar-refractivity contribution in [2.75, 3.05) is 18.8 Å². The Morgan fingerprint density at radius 1 is 1.57 bits per heavy atom. The topological polar surface area (TPSA) is 84.0 Å². The van der Waals surface area contributed by atoms with E-state index in [0.29, 0.717) is 23.9 Å². The predicted molar refractivity (Wildman–Crippen MR) is 78.9 cm³/mol. The summed E-state index contributed by atoms with van der Waals surface area (Å²) in [6.07, 6.45) is -0.0756. The third kappa shape index (κ3) is 2.53. The number of rotatable bonds is 3. The van der Waals surface area contributed by atoms with E-state index in [1.165, 1.54) is 11.3 Å². The SMILES string of the molecule is N#Cc1cc(F)c(Cl)c(-c2csc(N)n2)c1OC1CNC1. The number of nitrogens with zero attached hydrogens (tertiary/aromatic N) is 2. The summed E-state index contributed by atoms with van der Waals surface area (Å²) in [6, 6.07) is 3.01. The van der Waals surface area contributed by atoms with Crippen molar-refractivity contribution in [3.05, 3.63) is 27.8 Å². The molecule has 1 aromatic carbocycles. The van der Waals surface area contributed by atoms with Gasteiger partial charge >= 0.3 is 0 Å². The number of anilines is 1. The normalized spacial score (nSPS) is 14.5. The Morgan fingerprint density at radius 2 is 2.33 bits per heavy atom. The monoisotopic (exact) mass is 324 g/mol. The van der Waals surface area contributed by atoms with Crippen molar-refractivity contribution in [3.63, 3.8) is 0 Å². The van der Waals surface area contributed by atoms with Gasteiger partial charge in [0.1, 0.15) is 23.7 Å². The van der Waals surface area contributed by atoms with Gasteiger partial charge in [0.05, 0.1) is 21.8 Å². The first kappa shape index (κ1) is 14.1. The molecule has 0 unspecified atom stereocenters. The van der Waals surface area contributed by atoms with Crippen LogP contribution in [0.25, 0.3) is 11.3 Å². The molecule has 0 saturated carbocycles. The van der Waals surface area contributed by atoms with E-state index in [1.807, 2.05) is 6.07 Å². The van der Waals surface area contributed by atoms with Gasteiger partial charge in [0.2, 0.25) is 0 Å². The highest BCUT2D eigenvalue weighted by Crippen LogP contribution is 2.41. The minimum atomic E-state index is -0.686. The Bertz CT molecular complexity index is 739. The Hall–Kier alpha value is -1.88. The molecule has 0 spiro atoms. The molecule has 2 aromatic rings. The van der Waals surface area contributed by atoms with Crippen LogP contribution in [0.4, 0.5) is 9.52 Å². The first-order valence-corrected chi connectivity index (χ1v) is 7.36. The van der Waals surface area contributed by atoms with Crippen LogP contribution < -0.4 is 15.8 Å². The molecule has 1 fully saturated rings. The van der Waals surface area contributed by atoms with Crippen molar-refractivity contribution in [1.82, 2.24) is 10.3 Å². The van der Waals surface area contributed by atoms with Crippen molar-refractivity contribution in [2.45, 2.75) is 6.10 Å². The maximum atomic E-state index is 13.9. The fraction of sp³-hybridized carbons (Fsp3) is 0.231. The molecular formula is C13H10ClFN4OS. The van der Waals surface area contributed by atoms with Crippen LogP contribution in [-0.4, -0.2) is 24.2 Å². The number of benzene rings is 1. The number of nitrogens with two attached hydrogens (primary N) is 1. The maximum Gasteiger partial charge on any atom is 0.180 e. The first-order valence-electron chi connectivity index (χ1n) is 6.11. The zero-order valence-corrected chi connectivity index (χ0v) is 12.3. The molecule has 2 heterocycles. The van der Waals surface area contributed by atoms with Crippen LogP contribution in [0.5, 0.6) is 5.75 Å². The summed E-state index contributed by atoms with van der Waals surface area (Å²) >= 11 is 7.27. The smallest absolute Gasteiger partial charge is 0.180 e. The lowest BCUT2D eigenvalue weighted by Gasteiger charge is -2.29. The molecule has 1 aliphatic heterocycles. The second-order valence-corrected chi connectivity index (χ2v) is 5.77. The molecule has 108 valence electrons. The van der Waals surface area contributed by atoms with Gasteiger partial charge in [-0.1, -0.05) is 11.6 Å². The van der Waals surface area contributed by atoms with Gasteiger partial charge in [0, 0.05) is 18.5 Å². The molecule has 8 heteroatoms. The van der Waals surface area contributed by atoms with Gasteiger partial charge in [-0.2, -0.15) is 5.26 Å². The Balaban J connectivity index is 2.18. The summed E-state index contributed by atoms with van der Waals surface area (Å²) in [7, 11) is 0. The predicted octanol–water partition coefficient (Wildman–Crippen LogP) is 2.41. The summed E-state index contributed by atoms with van der Waals surface area (Å²) in [6.45, 7) is 1.33. The van der Waals surface area contributed by atoms with E-state index in [1.54, 1.807) is 5.38 Å². The molecule has 0 bridgehead atoms. The van der Waals surface area contributed by atoms with E-state index < -0.39 is 5.82 Å². The summed E-state index contributed by atoms with van der Waals surface area (Å²) < 4.78 is 19.7. The van der Waals surface area contributed by atoms with Crippen molar-refractivity contribution in [1.29, 1.82) is 5.26 Å². The van der Waals surface area contributed by atoms with E-state index >= 15 is 0 Å². The van der Waals surface area contributed by atoms with Crippen LogP contribution in [0.2, 0.25) is 5.02 Å². The van der Waals surface area contributed by atoms with Crippen molar-refractivity contribution < 1.29 is 9.13 Å².